The lowest BCUT2D eigenvalue weighted by atomic mass is 10.1. The van der Waals surface area contributed by atoms with Gasteiger partial charge in [-0.25, -0.2) is 19.2 Å². The van der Waals surface area contributed by atoms with Crippen LogP contribution in [0.1, 0.15) is 30.1 Å². The van der Waals surface area contributed by atoms with Crippen LogP contribution in [-0.4, -0.2) is 70.6 Å². The number of hydrazone groups is 1. The Balaban J connectivity index is 1.48. The molecule has 0 radical (unpaired) electrons. The monoisotopic (exact) mass is 377 g/mol. The van der Waals surface area contributed by atoms with Gasteiger partial charge in [0.05, 0.1) is 42.5 Å². The molecule has 0 fully saturated rings. The standard InChI is InChI=1S/C18H19N9O/c1-12(13-3-5-26-15(8-13)2-4-20-26)27-18-17(23-24-27)19-10-16(22-18)14-9-21-25(11-14)6-7-28/h2-5,8-10,12,14,28H,6-7,11H2,1H3/t12-,14?/m0/s1. The predicted molar refractivity (Wildman–Crippen MR) is 102 cm³/mol. The van der Waals surface area contributed by atoms with Gasteiger partial charge in [0.2, 0.25) is 5.65 Å². The van der Waals surface area contributed by atoms with Crippen molar-refractivity contribution in [3.05, 3.63) is 48.0 Å². The van der Waals surface area contributed by atoms with Gasteiger partial charge < -0.3 is 5.11 Å². The normalized spacial score (nSPS) is 17.8. The number of β-amino-alcohol motifs (C(OH)–C–C–N with tert-alkyl or cyclic N) is 1. The highest BCUT2D eigenvalue weighted by atomic mass is 16.3. The van der Waals surface area contributed by atoms with Crippen LogP contribution in [0.5, 0.6) is 0 Å². The number of aliphatic hydroxyl groups excluding tert-OH is 1. The van der Waals surface area contributed by atoms with Crippen LogP contribution in [-0.2, 0) is 0 Å². The van der Waals surface area contributed by atoms with Crippen LogP contribution in [0.15, 0.2) is 41.9 Å². The van der Waals surface area contributed by atoms with Crippen molar-refractivity contribution in [2.45, 2.75) is 18.9 Å². The summed E-state index contributed by atoms with van der Waals surface area (Å²) in [6, 6.07) is 6.01. The SMILES string of the molecule is C[C@@H](c1ccn2nccc2c1)n1nnc2ncc(C3C=NN(CCO)C3)nc21. The maximum atomic E-state index is 9.09. The van der Waals surface area contributed by atoms with Gasteiger partial charge in [-0.2, -0.15) is 10.2 Å². The molecule has 2 atom stereocenters. The van der Waals surface area contributed by atoms with Crippen molar-refractivity contribution in [3.63, 3.8) is 0 Å². The Bertz CT molecular complexity index is 1160. The number of pyridine rings is 1. The molecule has 0 aromatic carbocycles. The molecule has 5 rings (SSSR count). The van der Waals surface area contributed by atoms with Gasteiger partial charge in [-0.3, -0.25) is 5.01 Å². The number of nitrogens with zero attached hydrogens (tertiary/aromatic N) is 9. The third kappa shape index (κ3) is 2.78. The van der Waals surface area contributed by atoms with E-state index in [2.05, 4.69) is 38.5 Å². The average Bonchev–Trinajstić information content (AvgIpc) is 3.45. The molecular formula is C18H19N9O. The second-order valence-electron chi connectivity index (χ2n) is 6.82. The summed E-state index contributed by atoms with van der Waals surface area (Å²) in [5, 5.41) is 27.9. The maximum absolute atomic E-state index is 9.09. The quantitative estimate of drug-likeness (QED) is 0.549. The number of fused-ring (bicyclic) bond motifs is 2. The van der Waals surface area contributed by atoms with Crippen molar-refractivity contribution in [1.82, 2.24) is 39.6 Å². The van der Waals surface area contributed by atoms with Crippen molar-refractivity contribution < 1.29 is 5.11 Å². The minimum absolute atomic E-state index is 0.0326. The molecule has 142 valence electrons. The minimum Gasteiger partial charge on any atom is -0.394 e. The molecular weight excluding hydrogens is 358 g/mol. The Kier molecular flexibility index (Phi) is 3.97. The van der Waals surface area contributed by atoms with E-state index >= 15 is 0 Å². The fourth-order valence-electron chi connectivity index (χ4n) is 3.45. The maximum Gasteiger partial charge on any atom is 0.221 e. The van der Waals surface area contributed by atoms with Crippen LogP contribution in [0.25, 0.3) is 16.8 Å². The third-order valence-corrected chi connectivity index (χ3v) is 5.04. The smallest absolute Gasteiger partial charge is 0.221 e. The highest BCUT2D eigenvalue weighted by molar-refractivity contribution is 5.71. The fourth-order valence-corrected chi connectivity index (χ4v) is 3.45. The number of hydrogen-bond donors (Lipinski definition) is 1. The number of rotatable bonds is 5. The van der Waals surface area contributed by atoms with Crippen molar-refractivity contribution in [3.8, 4) is 0 Å². The Hall–Kier alpha value is -3.40. The van der Waals surface area contributed by atoms with Gasteiger partial charge >= 0.3 is 0 Å². The van der Waals surface area contributed by atoms with Crippen molar-refractivity contribution in [1.29, 1.82) is 0 Å². The van der Waals surface area contributed by atoms with Gasteiger partial charge in [0, 0.05) is 25.2 Å². The van der Waals surface area contributed by atoms with Crippen LogP contribution < -0.4 is 0 Å². The summed E-state index contributed by atoms with van der Waals surface area (Å²) >= 11 is 0. The fraction of sp³-hybridized carbons (Fsp3) is 0.333. The first kappa shape index (κ1) is 16.8. The van der Waals surface area contributed by atoms with E-state index in [9.17, 15) is 0 Å². The van der Waals surface area contributed by atoms with Crippen molar-refractivity contribution in [2.24, 2.45) is 5.10 Å². The summed E-state index contributed by atoms with van der Waals surface area (Å²) in [5.74, 6) is 0.0326. The largest absolute Gasteiger partial charge is 0.394 e. The Morgan fingerprint density at radius 2 is 2.25 bits per heavy atom. The van der Waals surface area contributed by atoms with Gasteiger partial charge in [-0.05, 0) is 30.7 Å². The molecule has 0 saturated heterocycles. The predicted octanol–water partition coefficient (Wildman–Crippen LogP) is 0.856. The van der Waals surface area contributed by atoms with Gasteiger partial charge in [-0.15, -0.1) is 5.10 Å². The Labute approximate surface area is 160 Å². The first-order valence-electron chi connectivity index (χ1n) is 9.14. The molecule has 1 aliphatic rings. The topological polar surface area (TPSA) is 110 Å². The molecule has 5 heterocycles. The average molecular weight is 377 g/mol. The molecule has 10 heteroatoms. The van der Waals surface area contributed by atoms with Gasteiger partial charge in [0.1, 0.15) is 0 Å². The van der Waals surface area contributed by atoms with E-state index in [1.807, 2.05) is 34.1 Å². The molecule has 1 N–H and O–H groups in total. The third-order valence-electron chi connectivity index (χ3n) is 5.04. The summed E-state index contributed by atoms with van der Waals surface area (Å²) in [6.45, 7) is 3.32. The summed E-state index contributed by atoms with van der Waals surface area (Å²) in [7, 11) is 0. The second kappa shape index (κ2) is 6.64. The van der Waals surface area contributed by atoms with E-state index in [4.69, 9.17) is 10.1 Å². The van der Waals surface area contributed by atoms with Crippen LogP contribution in [0.4, 0.5) is 0 Å². The lowest BCUT2D eigenvalue weighted by Crippen LogP contribution is -2.21. The van der Waals surface area contributed by atoms with E-state index in [1.54, 1.807) is 17.1 Å². The molecule has 1 aliphatic heterocycles. The molecule has 4 aromatic heterocycles. The van der Waals surface area contributed by atoms with Gasteiger partial charge in [0.15, 0.2) is 5.65 Å². The minimum atomic E-state index is -0.0578. The molecule has 4 aromatic rings. The molecule has 0 saturated carbocycles. The highest BCUT2D eigenvalue weighted by Crippen LogP contribution is 2.24. The molecule has 0 aliphatic carbocycles. The van der Waals surface area contributed by atoms with E-state index in [0.29, 0.717) is 24.4 Å². The van der Waals surface area contributed by atoms with Crippen LogP contribution >= 0.6 is 0 Å². The zero-order valence-corrected chi connectivity index (χ0v) is 15.3. The molecule has 10 nitrogen and oxygen atoms in total. The van der Waals surface area contributed by atoms with Crippen molar-refractivity contribution in [2.75, 3.05) is 19.7 Å². The Morgan fingerprint density at radius 1 is 1.32 bits per heavy atom. The molecule has 0 spiro atoms. The summed E-state index contributed by atoms with van der Waals surface area (Å²) in [6.07, 6.45) is 7.28. The van der Waals surface area contributed by atoms with E-state index < -0.39 is 0 Å². The van der Waals surface area contributed by atoms with E-state index in [1.165, 1.54) is 0 Å². The zero-order chi connectivity index (χ0) is 19.1. The first-order valence-corrected chi connectivity index (χ1v) is 9.14. The zero-order valence-electron chi connectivity index (χ0n) is 15.3. The summed E-state index contributed by atoms with van der Waals surface area (Å²) in [5.41, 5.74) is 4.09. The molecule has 0 amide bonds. The Morgan fingerprint density at radius 3 is 3.14 bits per heavy atom. The molecule has 28 heavy (non-hydrogen) atoms. The van der Waals surface area contributed by atoms with Crippen LogP contribution in [0, 0.1) is 0 Å². The first-order chi connectivity index (χ1) is 13.7. The molecule has 0 bridgehead atoms. The van der Waals surface area contributed by atoms with E-state index in [0.717, 1.165) is 16.8 Å². The lowest BCUT2D eigenvalue weighted by Gasteiger charge is -2.15. The summed E-state index contributed by atoms with van der Waals surface area (Å²) < 4.78 is 3.62. The van der Waals surface area contributed by atoms with Gasteiger partial charge in [0.25, 0.3) is 0 Å². The summed E-state index contributed by atoms with van der Waals surface area (Å²) in [4.78, 5) is 9.22. The van der Waals surface area contributed by atoms with Gasteiger partial charge in [-0.1, -0.05) is 5.21 Å². The lowest BCUT2D eigenvalue weighted by molar-refractivity contribution is 0.210. The van der Waals surface area contributed by atoms with Crippen LogP contribution in [0.2, 0.25) is 0 Å². The van der Waals surface area contributed by atoms with Crippen LogP contribution in [0.3, 0.4) is 0 Å². The van der Waals surface area contributed by atoms with E-state index in [-0.39, 0.29) is 18.6 Å². The number of aliphatic hydroxyl groups is 1. The highest BCUT2D eigenvalue weighted by Gasteiger charge is 2.23. The number of aromatic nitrogens is 7. The number of hydrogen-bond acceptors (Lipinski definition) is 8. The van der Waals surface area contributed by atoms with Crippen molar-refractivity contribution >= 4 is 23.0 Å². The second-order valence-corrected chi connectivity index (χ2v) is 6.82. The molecule has 1 unspecified atom stereocenters.